The number of phenols is 1. The van der Waals surface area contributed by atoms with E-state index in [1.54, 1.807) is 22.6 Å². The minimum atomic E-state index is -1.12. The third-order valence-corrected chi connectivity index (χ3v) is 2.54. The third-order valence-electron chi connectivity index (χ3n) is 1.72. The second kappa shape index (κ2) is 5.48. The summed E-state index contributed by atoms with van der Waals surface area (Å²) in [7, 11) is 0. The molecule has 1 rings (SSSR count). The number of primary amides is 1. The zero-order valence-corrected chi connectivity index (χ0v) is 10.5. The number of carboxylic acid groups (broad SMARTS) is 1. The van der Waals surface area contributed by atoms with Crippen molar-refractivity contribution < 1.29 is 19.8 Å². The smallest absolute Gasteiger partial charge is 0.335 e. The molecule has 0 unspecified atom stereocenters. The summed E-state index contributed by atoms with van der Waals surface area (Å²) >= 11 is 1.79. The van der Waals surface area contributed by atoms with Crippen LogP contribution in [0.25, 0.3) is 0 Å². The lowest BCUT2D eigenvalue weighted by Crippen LogP contribution is -2.24. The number of rotatable bonds is 3. The maximum Gasteiger partial charge on any atom is 0.335 e. The first-order valence-electron chi connectivity index (χ1n) is 4.26. The Kier molecular flexibility index (Phi) is 4.26. The van der Waals surface area contributed by atoms with Gasteiger partial charge in [-0.25, -0.2) is 15.0 Å². The quantitative estimate of drug-likeness (QED) is 0.364. The van der Waals surface area contributed by atoms with Gasteiger partial charge in [-0.3, -0.25) is 0 Å². The van der Waals surface area contributed by atoms with Gasteiger partial charge in [-0.15, -0.1) is 0 Å². The Labute approximate surface area is 109 Å². The van der Waals surface area contributed by atoms with Gasteiger partial charge < -0.3 is 15.9 Å². The molecule has 1 aromatic carbocycles. The summed E-state index contributed by atoms with van der Waals surface area (Å²) in [4.78, 5) is 21.1. The van der Waals surface area contributed by atoms with Gasteiger partial charge in [0.2, 0.25) is 0 Å². The van der Waals surface area contributed by atoms with Crippen LogP contribution < -0.4 is 11.2 Å². The van der Waals surface area contributed by atoms with Crippen LogP contribution >= 0.6 is 22.6 Å². The number of hydrogen-bond acceptors (Lipinski definition) is 4. The van der Waals surface area contributed by atoms with Gasteiger partial charge in [-0.1, -0.05) is 0 Å². The molecule has 7 nitrogen and oxygen atoms in total. The predicted octanol–water partition coefficient (Wildman–Crippen LogP) is 0.697. The fraction of sp³-hybridized carbons (Fsp3) is 0. The number of aromatic hydroxyl groups is 1. The number of nitrogens with one attached hydrogen (secondary N) is 1. The standard InChI is InChI=1S/C9H8IN3O4/c10-6-2-4(8(15)16)1-5(7(6)14)3-12-13-9(11)17/h1-3,14H,(H,15,16)(H3,11,13,17). The van der Waals surface area contributed by atoms with Gasteiger partial charge in [0.05, 0.1) is 15.3 Å². The van der Waals surface area contributed by atoms with Gasteiger partial charge in [-0.05, 0) is 34.7 Å². The Morgan fingerprint density at radius 2 is 2.12 bits per heavy atom. The average molecular weight is 349 g/mol. The van der Waals surface area contributed by atoms with Gasteiger partial charge in [0, 0.05) is 5.56 Å². The van der Waals surface area contributed by atoms with E-state index in [0.29, 0.717) is 3.57 Å². The van der Waals surface area contributed by atoms with Gasteiger partial charge in [-0.2, -0.15) is 5.10 Å². The summed E-state index contributed by atoms with van der Waals surface area (Å²) in [6.45, 7) is 0. The molecule has 0 spiro atoms. The van der Waals surface area contributed by atoms with Crippen LogP contribution in [0.5, 0.6) is 5.75 Å². The van der Waals surface area contributed by atoms with E-state index in [2.05, 4.69) is 5.10 Å². The van der Waals surface area contributed by atoms with Crippen LogP contribution in [-0.4, -0.2) is 28.4 Å². The van der Waals surface area contributed by atoms with Crippen LogP contribution in [-0.2, 0) is 0 Å². The number of carboxylic acids is 1. The van der Waals surface area contributed by atoms with Crippen molar-refractivity contribution in [2.45, 2.75) is 0 Å². The van der Waals surface area contributed by atoms with E-state index >= 15 is 0 Å². The number of amides is 2. The zero-order chi connectivity index (χ0) is 13.0. The number of aromatic carboxylic acids is 1. The molecular formula is C9H8IN3O4. The molecule has 0 aliphatic carbocycles. The van der Waals surface area contributed by atoms with Crippen molar-refractivity contribution in [3.8, 4) is 5.75 Å². The Morgan fingerprint density at radius 1 is 1.47 bits per heavy atom. The fourth-order valence-electron chi connectivity index (χ4n) is 1.01. The van der Waals surface area contributed by atoms with Crippen molar-refractivity contribution in [3.63, 3.8) is 0 Å². The lowest BCUT2D eigenvalue weighted by atomic mass is 10.1. The Hall–Kier alpha value is -1.84. The van der Waals surface area contributed by atoms with E-state index in [0.717, 1.165) is 6.21 Å². The fourth-order valence-corrected chi connectivity index (χ4v) is 1.65. The number of carbonyl (C=O) groups excluding carboxylic acids is 1. The van der Waals surface area contributed by atoms with Crippen molar-refractivity contribution in [1.29, 1.82) is 0 Å². The number of hydrogen-bond donors (Lipinski definition) is 4. The molecule has 5 N–H and O–H groups in total. The van der Waals surface area contributed by atoms with E-state index in [9.17, 15) is 14.7 Å². The van der Waals surface area contributed by atoms with Crippen LogP contribution in [0.1, 0.15) is 15.9 Å². The monoisotopic (exact) mass is 349 g/mol. The normalized spacial score (nSPS) is 10.4. The molecule has 0 heterocycles. The molecule has 1 aromatic rings. The van der Waals surface area contributed by atoms with Crippen LogP contribution in [0.15, 0.2) is 17.2 Å². The van der Waals surface area contributed by atoms with Crippen molar-refractivity contribution >= 4 is 40.8 Å². The molecule has 0 saturated carbocycles. The Morgan fingerprint density at radius 3 is 2.65 bits per heavy atom. The first-order valence-corrected chi connectivity index (χ1v) is 5.34. The minimum Gasteiger partial charge on any atom is -0.506 e. The SMILES string of the molecule is NC(=O)NN=Cc1cc(C(=O)O)cc(I)c1O. The zero-order valence-electron chi connectivity index (χ0n) is 8.35. The summed E-state index contributed by atoms with van der Waals surface area (Å²) < 4.78 is 0.364. The molecule has 17 heavy (non-hydrogen) atoms. The van der Waals surface area contributed by atoms with E-state index in [1.807, 2.05) is 5.43 Å². The highest BCUT2D eigenvalue weighted by molar-refractivity contribution is 14.1. The second-order valence-corrected chi connectivity index (χ2v) is 4.10. The van der Waals surface area contributed by atoms with E-state index < -0.39 is 12.0 Å². The first-order chi connectivity index (χ1) is 7.91. The van der Waals surface area contributed by atoms with Crippen molar-refractivity contribution in [3.05, 3.63) is 26.8 Å². The number of halogens is 1. The first kappa shape index (κ1) is 13.2. The van der Waals surface area contributed by atoms with Gasteiger partial charge in [0.25, 0.3) is 0 Å². The summed E-state index contributed by atoms with van der Waals surface area (Å²) in [5.41, 5.74) is 6.89. The number of carbonyl (C=O) groups is 2. The average Bonchev–Trinajstić information content (AvgIpc) is 2.23. The molecule has 0 radical (unpaired) electrons. The lowest BCUT2D eigenvalue weighted by Gasteiger charge is -2.03. The maximum atomic E-state index is 10.8. The second-order valence-electron chi connectivity index (χ2n) is 2.94. The number of nitrogens with zero attached hydrogens (tertiary/aromatic N) is 1. The van der Waals surface area contributed by atoms with Gasteiger partial charge in [0.1, 0.15) is 5.75 Å². The maximum absolute atomic E-state index is 10.8. The van der Waals surface area contributed by atoms with E-state index in [-0.39, 0.29) is 16.9 Å². The Balaban J connectivity index is 3.09. The van der Waals surface area contributed by atoms with Gasteiger partial charge in [0.15, 0.2) is 0 Å². The molecule has 0 fully saturated rings. The predicted molar refractivity (Wildman–Crippen MR) is 68.1 cm³/mol. The topological polar surface area (TPSA) is 125 Å². The molecule has 0 aliphatic rings. The van der Waals surface area contributed by atoms with Crippen LogP contribution in [0.3, 0.4) is 0 Å². The third kappa shape index (κ3) is 3.59. The van der Waals surface area contributed by atoms with Crippen molar-refractivity contribution in [2.24, 2.45) is 10.8 Å². The molecule has 0 atom stereocenters. The van der Waals surface area contributed by atoms with E-state index in [4.69, 9.17) is 10.8 Å². The lowest BCUT2D eigenvalue weighted by molar-refractivity contribution is 0.0696. The van der Waals surface area contributed by atoms with Gasteiger partial charge >= 0.3 is 12.0 Å². The molecular weight excluding hydrogens is 341 g/mol. The highest BCUT2D eigenvalue weighted by atomic mass is 127. The summed E-state index contributed by atoms with van der Waals surface area (Å²) in [6, 6.07) is 1.69. The molecule has 0 saturated heterocycles. The van der Waals surface area contributed by atoms with Crippen LogP contribution in [0.2, 0.25) is 0 Å². The highest BCUT2D eigenvalue weighted by Crippen LogP contribution is 2.24. The molecule has 0 bridgehead atoms. The minimum absolute atomic E-state index is 0.00715. The largest absolute Gasteiger partial charge is 0.506 e. The Bertz CT molecular complexity index is 501. The number of nitrogens with two attached hydrogens (primary N) is 1. The number of hydrazone groups is 1. The molecule has 90 valence electrons. The molecule has 0 aromatic heterocycles. The van der Waals surface area contributed by atoms with Crippen LogP contribution in [0, 0.1) is 3.57 Å². The molecule has 0 aliphatic heterocycles. The number of benzene rings is 1. The van der Waals surface area contributed by atoms with E-state index in [1.165, 1.54) is 12.1 Å². The van der Waals surface area contributed by atoms with Crippen molar-refractivity contribution in [1.82, 2.24) is 5.43 Å². The summed E-state index contributed by atoms with van der Waals surface area (Å²) in [5.74, 6) is -1.24. The summed E-state index contributed by atoms with van der Waals surface area (Å²) in [6.07, 6.45) is 1.11. The summed E-state index contributed by atoms with van der Waals surface area (Å²) in [5, 5.41) is 21.9. The molecule has 8 heteroatoms. The number of urea groups is 1. The highest BCUT2D eigenvalue weighted by Gasteiger charge is 2.10. The van der Waals surface area contributed by atoms with Crippen molar-refractivity contribution in [2.75, 3.05) is 0 Å². The van der Waals surface area contributed by atoms with Crippen LogP contribution in [0.4, 0.5) is 4.79 Å². The number of phenolic OH excluding ortho intramolecular Hbond substituents is 1. The molecule has 2 amide bonds.